The molecule has 0 radical (unpaired) electrons. The molecule has 5 N–H and O–H groups in total. The molecule has 5 saturated heterocycles. The lowest BCUT2D eigenvalue weighted by Crippen LogP contribution is -2.50. The van der Waals surface area contributed by atoms with Crippen molar-refractivity contribution in [2.45, 2.75) is 119 Å². The second-order valence-electron chi connectivity index (χ2n) is 24.7. The topological polar surface area (TPSA) is 310 Å². The highest BCUT2D eigenvalue weighted by Crippen LogP contribution is 2.14. The summed E-state index contributed by atoms with van der Waals surface area (Å²) in [6, 6.07) is 0. The molecule has 0 aliphatic carbocycles. The Balaban J connectivity index is 0. The summed E-state index contributed by atoms with van der Waals surface area (Å²) in [4.78, 5) is 102. The predicted molar refractivity (Wildman–Crippen MR) is 349 cm³/mol. The molecule has 5 fully saturated rings. The van der Waals surface area contributed by atoms with Crippen molar-refractivity contribution >= 4 is 59.2 Å². The fourth-order valence-corrected chi connectivity index (χ4v) is 7.72. The van der Waals surface area contributed by atoms with Crippen molar-refractivity contribution in [3.63, 3.8) is 0 Å². The Kier molecular flexibility index (Phi) is 48.1. The molecule has 0 aromatic carbocycles. The van der Waals surface area contributed by atoms with Gasteiger partial charge in [-0.3, -0.25) is 34.1 Å². The summed E-state index contributed by atoms with van der Waals surface area (Å²) >= 11 is 4.71. The summed E-state index contributed by atoms with van der Waals surface area (Å²) in [5, 5.41) is 26.6. The number of carbonyl (C=O) groups is 8. The van der Waals surface area contributed by atoms with Gasteiger partial charge in [0, 0.05) is 182 Å². The summed E-state index contributed by atoms with van der Waals surface area (Å²) < 4.78 is 39.2. The summed E-state index contributed by atoms with van der Waals surface area (Å²) in [7, 11) is 0. The number of hydrogen-bond donors (Lipinski definition) is 5. The van der Waals surface area contributed by atoms with Crippen LogP contribution in [-0.2, 0) is 57.1 Å². The molecule has 0 aromatic rings. The third-order valence-electron chi connectivity index (χ3n) is 12.2. The van der Waals surface area contributed by atoms with Gasteiger partial charge in [-0.25, -0.2) is 28.8 Å². The first-order chi connectivity index (χ1) is 42.6. The number of hydrogen-bond acceptors (Lipinski definition) is 26. The monoisotopic (exact) mass is 1320 g/mol. The molecule has 0 saturated carbocycles. The normalized spacial score (nSPS) is 16.7. The predicted octanol–water partition coefficient (Wildman–Crippen LogP) is 3.96. The third kappa shape index (κ3) is 54.7. The number of aliphatic hydroxyl groups is 2. The molecule has 5 aliphatic rings. The van der Waals surface area contributed by atoms with E-state index in [2.05, 4.69) is 64.9 Å². The number of rotatable bonds is 17. The second-order valence-corrected chi connectivity index (χ2v) is 25.1. The van der Waals surface area contributed by atoms with Crippen molar-refractivity contribution < 1.29 is 86.5 Å². The van der Waals surface area contributed by atoms with Crippen molar-refractivity contribution in [1.29, 1.82) is 0 Å². The van der Waals surface area contributed by atoms with Gasteiger partial charge in [-0.05, 0) is 101 Å². The molecule has 5 heterocycles. The Morgan fingerprint density at radius 1 is 0.418 bits per heavy atom. The van der Waals surface area contributed by atoms with Crippen LogP contribution in [0.3, 0.4) is 0 Å². The Bertz CT molecular complexity index is 2040. The van der Waals surface area contributed by atoms with Gasteiger partial charge >= 0.3 is 42.4 Å². The summed E-state index contributed by atoms with van der Waals surface area (Å²) in [5.41, 5.74) is -2.29. The number of allylic oxidation sites excluding steroid dienone is 1. The fraction of sp³-hybridized carbons (Fsp3) is 0.774. The molecule has 5 aliphatic heterocycles. The fourth-order valence-electron chi connectivity index (χ4n) is 7.72. The van der Waals surface area contributed by atoms with Crippen LogP contribution in [0.25, 0.3) is 0 Å². The van der Waals surface area contributed by atoms with E-state index in [1.807, 2.05) is 48.5 Å². The Morgan fingerprint density at radius 2 is 0.681 bits per heavy atom. The number of carbonyl (C=O) groups excluding carboxylic acids is 8. The highest BCUT2D eigenvalue weighted by atomic mass is 35.5. The van der Waals surface area contributed by atoms with Crippen LogP contribution in [0.4, 0.5) is 19.2 Å². The zero-order valence-electron chi connectivity index (χ0n) is 57.2. The van der Waals surface area contributed by atoms with Crippen LogP contribution in [0.2, 0.25) is 0 Å². The zero-order valence-corrected chi connectivity index (χ0v) is 58.0. The maximum atomic E-state index is 11.9. The van der Waals surface area contributed by atoms with Crippen LogP contribution >= 0.6 is 11.6 Å². The second kappa shape index (κ2) is 50.0. The van der Waals surface area contributed by atoms with E-state index in [0.717, 1.165) is 137 Å². The van der Waals surface area contributed by atoms with E-state index in [9.17, 15) is 38.4 Å². The van der Waals surface area contributed by atoms with Crippen LogP contribution in [0.5, 0.6) is 0 Å². The van der Waals surface area contributed by atoms with Gasteiger partial charge in [0.1, 0.15) is 42.2 Å². The molecule has 0 aromatic heterocycles. The molecule has 5 rings (SSSR count). The molecule has 0 spiro atoms. The van der Waals surface area contributed by atoms with Gasteiger partial charge in [0.2, 0.25) is 5.24 Å². The molecular formula is C62H115ClN10O18. The standard InChI is InChI=1S/C14H24N2O4.C11H22N2O3.C10H18O5.C9H18N2O2.C9H16N2O2.C6H14N2O.C3H3ClO/c1-5-12(17)19-11-10-15-6-8-16(9-7-15)13(18)20-14(2,3)4;1-11(2,3)16-10(15)13-6-4-12(5-7-13)8-9-14;1-9(2,3)14-7(11)13-8(12)15-10(4,5)6;2*1-2-9(12)13-8-7-11-5-3-10-4-6-11;9-6-5-8-3-1-7-2-4-8;1-2-3(4)5/h5H,1,6-11H2,2-4H3;14H,4-9H2,1-3H3;1-6H3;10H,2-8H2,1H3;2,10H,1,3-8H2;7,9H,1-6H2;2H,1H2. The minimum Gasteiger partial charge on any atom is -0.464 e. The Hall–Kier alpha value is -5.53. The van der Waals surface area contributed by atoms with E-state index in [4.69, 9.17) is 55.0 Å². The van der Waals surface area contributed by atoms with Gasteiger partial charge < -0.3 is 73.9 Å². The lowest BCUT2D eigenvalue weighted by molar-refractivity contribution is -0.144. The molecule has 29 heteroatoms. The van der Waals surface area contributed by atoms with Gasteiger partial charge in [0.05, 0.1) is 13.2 Å². The zero-order chi connectivity index (χ0) is 69.5. The molecule has 528 valence electrons. The maximum absolute atomic E-state index is 11.9. The van der Waals surface area contributed by atoms with E-state index < -0.39 is 45.9 Å². The first kappa shape index (κ1) is 87.5. The molecule has 2 amide bonds. The molecule has 91 heavy (non-hydrogen) atoms. The van der Waals surface area contributed by atoms with Gasteiger partial charge in [0.25, 0.3) is 0 Å². The van der Waals surface area contributed by atoms with Gasteiger partial charge in [0.15, 0.2) is 0 Å². The average molecular weight is 1320 g/mol. The van der Waals surface area contributed by atoms with Crippen LogP contribution in [0, 0.1) is 0 Å². The van der Waals surface area contributed by atoms with Crippen LogP contribution in [0.15, 0.2) is 38.0 Å². The lowest BCUT2D eigenvalue weighted by Gasteiger charge is -2.35. The smallest absolute Gasteiger partial charge is 0.464 e. The molecule has 28 nitrogen and oxygen atoms in total. The summed E-state index contributed by atoms with van der Waals surface area (Å²) in [6.07, 6.45) is 1.24. The van der Waals surface area contributed by atoms with Crippen LogP contribution < -0.4 is 16.0 Å². The third-order valence-corrected chi connectivity index (χ3v) is 12.4. The number of esters is 3. The van der Waals surface area contributed by atoms with Crippen molar-refractivity contribution in [3.8, 4) is 0 Å². The SMILES string of the molecule is C=CC(=O)Cl.C=CC(=O)OCCN1CCN(C(=O)OC(C)(C)C)CC1.C=CC(=O)OCCN1CCNCC1.CC(C)(C)OC(=O)N1CCN(CCO)CC1.CC(C)(C)OC(=O)OC(=O)OC(C)(C)C.CCC(=O)OCCN1CCNCC1.OCCN1CCNCC1. The van der Waals surface area contributed by atoms with Crippen molar-refractivity contribution in [2.24, 2.45) is 0 Å². The molecule has 0 unspecified atom stereocenters. The number of halogens is 1. The average Bonchev–Trinajstić information content (AvgIpc) is 3.23. The van der Waals surface area contributed by atoms with Crippen molar-refractivity contribution in [3.05, 3.63) is 38.0 Å². The maximum Gasteiger partial charge on any atom is 0.519 e. The minimum absolute atomic E-state index is 0.102. The van der Waals surface area contributed by atoms with E-state index in [1.54, 1.807) is 51.3 Å². The largest absolute Gasteiger partial charge is 0.519 e. The lowest BCUT2D eigenvalue weighted by atomic mass is 10.2. The van der Waals surface area contributed by atoms with Crippen molar-refractivity contribution in [2.75, 3.05) is 197 Å². The molecule has 0 atom stereocenters. The number of amides is 2. The van der Waals surface area contributed by atoms with Gasteiger partial charge in [-0.2, -0.15) is 0 Å². The molecular weight excluding hydrogens is 1210 g/mol. The summed E-state index contributed by atoms with van der Waals surface area (Å²) in [6.45, 7) is 56.8. The Labute approximate surface area is 547 Å². The number of ether oxygens (including phenoxy) is 8. The number of nitrogens with zero attached hydrogens (tertiary/aromatic N) is 7. The van der Waals surface area contributed by atoms with Gasteiger partial charge in [-0.1, -0.05) is 26.7 Å². The number of aliphatic hydroxyl groups excluding tert-OH is 2. The van der Waals surface area contributed by atoms with E-state index in [0.29, 0.717) is 72.1 Å². The Morgan fingerprint density at radius 3 is 0.934 bits per heavy atom. The van der Waals surface area contributed by atoms with E-state index >= 15 is 0 Å². The van der Waals surface area contributed by atoms with E-state index in [1.165, 1.54) is 6.08 Å². The van der Waals surface area contributed by atoms with Crippen LogP contribution in [0.1, 0.15) is 96.4 Å². The van der Waals surface area contributed by atoms with Crippen molar-refractivity contribution in [1.82, 2.24) is 50.2 Å². The quantitative estimate of drug-likeness (QED) is 0.0452. The number of β-amino-alcohol motifs (C(OH)–C–C–N with tert-alkyl or cyclic N) is 2. The van der Waals surface area contributed by atoms with Crippen LogP contribution in [-0.4, -0.2) is 311 Å². The number of piperazine rings is 5. The van der Waals surface area contributed by atoms with E-state index in [-0.39, 0.29) is 30.7 Å². The van der Waals surface area contributed by atoms with Gasteiger partial charge in [-0.15, -0.1) is 0 Å². The number of nitrogens with one attached hydrogen (secondary N) is 3. The molecule has 0 bridgehead atoms. The highest BCUT2D eigenvalue weighted by Gasteiger charge is 2.28. The minimum atomic E-state index is -1.06. The first-order valence-electron chi connectivity index (χ1n) is 31.2. The first-order valence-corrected chi connectivity index (χ1v) is 31.6. The highest BCUT2D eigenvalue weighted by molar-refractivity contribution is 6.66. The summed E-state index contributed by atoms with van der Waals surface area (Å²) in [5.74, 6) is -0.845.